The van der Waals surface area contributed by atoms with Crippen molar-refractivity contribution in [2.24, 2.45) is 11.3 Å². The standard InChI is InChI=1S/C17H36N2O4Si/c1-16(2,3)12-24(7,8)23-14-9-13(11-21-18)19(10-14)15(20)22-17(4,5)6/h13-14H,9-12,18H2,1-8H3/t13-,14+/m0/s1. The van der Waals surface area contributed by atoms with Gasteiger partial charge in [-0.05, 0) is 51.7 Å². The van der Waals surface area contributed by atoms with Gasteiger partial charge in [-0.2, -0.15) is 0 Å². The quantitative estimate of drug-likeness (QED) is 0.600. The molecular weight excluding hydrogens is 324 g/mol. The minimum absolute atomic E-state index is 0.0154. The lowest BCUT2D eigenvalue weighted by molar-refractivity contribution is 0.00985. The lowest BCUT2D eigenvalue weighted by atomic mass is 10.0. The van der Waals surface area contributed by atoms with Crippen LogP contribution in [-0.4, -0.2) is 50.2 Å². The number of nitrogens with two attached hydrogens (primary N) is 1. The molecule has 0 spiro atoms. The van der Waals surface area contributed by atoms with Gasteiger partial charge in [-0.15, -0.1) is 0 Å². The number of hydrogen-bond acceptors (Lipinski definition) is 5. The normalized spacial score (nSPS) is 22.8. The molecule has 1 aliphatic rings. The molecule has 7 heteroatoms. The van der Waals surface area contributed by atoms with E-state index < -0.39 is 13.9 Å². The Balaban J connectivity index is 2.75. The average Bonchev–Trinajstić information content (AvgIpc) is 2.65. The Morgan fingerprint density at radius 1 is 1.21 bits per heavy atom. The fourth-order valence-corrected chi connectivity index (χ4v) is 7.25. The molecule has 0 aliphatic carbocycles. The van der Waals surface area contributed by atoms with E-state index >= 15 is 0 Å². The van der Waals surface area contributed by atoms with Gasteiger partial charge in [0.25, 0.3) is 0 Å². The third-order valence-electron chi connectivity index (χ3n) is 3.73. The smallest absolute Gasteiger partial charge is 0.410 e. The van der Waals surface area contributed by atoms with Crippen molar-refractivity contribution >= 4 is 14.4 Å². The molecule has 2 N–H and O–H groups in total. The van der Waals surface area contributed by atoms with Crippen molar-refractivity contribution in [3.8, 4) is 0 Å². The van der Waals surface area contributed by atoms with Crippen LogP contribution >= 0.6 is 0 Å². The summed E-state index contributed by atoms with van der Waals surface area (Å²) >= 11 is 0. The van der Waals surface area contributed by atoms with E-state index in [2.05, 4.69) is 33.9 Å². The Morgan fingerprint density at radius 3 is 2.25 bits per heavy atom. The van der Waals surface area contributed by atoms with Gasteiger partial charge < -0.3 is 18.9 Å². The van der Waals surface area contributed by atoms with Gasteiger partial charge >= 0.3 is 6.09 Å². The van der Waals surface area contributed by atoms with Crippen LogP contribution in [0.15, 0.2) is 0 Å². The van der Waals surface area contributed by atoms with Gasteiger partial charge in [0.15, 0.2) is 8.32 Å². The molecule has 0 unspecified atom stereocenters. The number of carbonyl (C=O) groups is 1. The number of nitrogens with zero attached hydrogens (tertiary/aromatic N) is 1. The maximum absolute atomic E-state index is 12.4. The lowest BCUT2D eigenvalue weighted by Gasteiger charge is -2.33. The predicted octanol–water partition coefficient (Wildman–Crippen LogP) is 3.52. The monoisotopic (exact) mass is 360 g/mol. The Bertz CT molecular complexity index is 429. The summed E-state index contributed by atoms with van der Waals surface area (Å²) in [6.07, 6.45) is 0.421. The third-order valence-corrected chi connectivity index (χ3v) is 6.62. The number of ether oxygens (including phenoxy) is 1. The van der Waals surface area contributed by atoms with Gasteiger partial charge in [0, 0.05) is 6.54 Å². The zero-order valence-electron chi connectivity index (χ0n) is 16.6. The first-order valence-corrected chi connectivity index (χ1v) is 11.8. The van der Waals surface area contributed by atoms with E-state index in [1.54, 1.807) is 4.90 Å². The fourth-order valence-electron chi connectivity index (χ4n) is 3.54. The predicted molar refractivity (Wildman–Crippen MR) is 98.1 cm³/mol. The molecule has 0 saturated carbocycles. The van der Waals surface area contributed by atoms with Crippen LogP contribution in [0.4, 0.5) is 4.79 Å². The van der Waals surface area contributed by atoms with Crippen molar-refractivity contribution in [2.45, 2.75) is 84.8 Å². The highest BCUT2D eigenvalue weighted by Gasteiger charge is 2.41. The number of carbonyl (C=O) groups excluding carboxylic acids is 1. The first-order valence-electron chi connectivity index (χ1n) is 8.71. The Hall–Kier alpha value is -0.633. The molecule has 1 rings (SSSR count). The minimum atomic E-state index is -1.82. The summed E-state index contributed by atoms with van der Waals surface area (Å²) < 4.78 is 12.0. The molecular formula is C17H36N2O4Si. The molecule has 0 bridgehead atoms. The lowest BCUT2D eigenvalue weighted by Crippen LogP contribution is -2.43. The first-order chi connectivity index (χ1) is 10.7. The zero-order valence-corrected chi connectivity index (χ0v) is 17.6. The maximum Gasteiger partial charge on any atom is 0.410 e. The maximum atomic E-state index is 12.4. The highest BCUT2D eigenvalue weighted by molar-refractivity contribution is 6.71. The molecule has 1 saturated heterocycles. The van der Waals surface area contributed by atoms with Crippen LogP contribution in [0, 0.1) is 5.41 Å². The molecule has 1 aliphatic heterocycles. The highest BCUT2D eigenvalue weighted by Crippen LogP contribution is 2.32. The molecule has 0 aromatic heterocycles. The van der Waals surface area contributed by atoms with E-state index in [9.17, 15) is 4.79 Å². The van der Waals surface area contributed by atoms with Crippen molar-refractivity contribution in [1.82, 2.24) is 4.90 Å². The molecule has 0 aromatic rings. The SMILES string of the molecule is CC(C)(C)C[Si](C)(C)O[C@@H]1C[C@@H](CON)N(C(=O)OC(C)(C)C)C1. The van der Waals surface area contributed by atoms with Gasteiger partial charge in [0.2, 0.25) is 0 Å². The van der Waals surface area contributed by atoms with Crippen LogP contribution in [0.2, 0.25) is 19.1 Å². The molecule has 1 fully saturated rings. The van der Waals surface area contributed by atoms with E-state index in [1.807, 2.05) is 20.8 Å². The van der Waals surface area contributed by atoms with Gasteiger partial charge in [-0.1, -0.05) is 20.8 Å². The summed E-state index contributed by atoms with van der Waals surface area (Å²) in [6.45, 7) is 17.6. The summed E-state index contributed by atoms with van der Waals surface area (Å²) in [6, 6.07) is 0.968. The zero-order chi connectivity index (χ0) is 18.8. The van der Waals surface area contributed by atoms with E-state index in [0.29, 0.717) is 13.2 Å². The molecule has 1 heterocycles. The van der Waals surface area contributed by atoms with Crippen LogP contribution in [-0.2, 0) is 14.0 Å². The Labute approximate surface area is 148 Å². The van der Waals surface area contributed by atoms with Crippen LogP contribution in [0.25, 0.3) is 0 Å². The second-order valence-electron chi connectivity index (χ2n) is 9.59. The molecule has 0 radical (unpaired) electrons. The highest BCUT2D eigenvalue weighted by atomic mass is 28.4. The number of rotatable bonds is 5. The van der Waals surface area contributed by atoms with Crippen molar-refractivity contribution in [2.75, 3.05) is 13.2 Å². The van der Waals surface area contributed by atoms with Crippen molar-refractivity contribution in [3.63, 3.8) is 0 Å². The minimum Gasteiger partial charge on any atom is -0.444 e. The summed E-state index contributed by atoms with van der Waals surface area (Å²) in [5.74, 6) is 5.24. The summed E-state index contributed by atoms with van der Waals surface area (Å²) in [5, 5.41) is 0. The van der Waals surface area contributed by atoms with E-state index in [-0.39, 0.29) is 23.7 Å². The first kappa shape index (κ1) is 21.4. The van der Waals surface area contributed by atoms with Gasteiger partial charge in [0.1, 0.15) is 5.60 Å². The summed E-state index contributed by atoms with van der Waals surface area (Å²) in [7, 11) is -1.82. The van der Waals surface area contributed by atoms with Crippen LogP contribution in [0.3, 0.4) is 0 Å². The van der Waals surface area contributed by atoms with Crippen molar-refractivity contribution < 1.29 is 18.8 Å². The van der Waals surface area contributed by atoms with Crippen molar-refractivity contribution in [1.29, 1.82) is 0 Å². The molecule has 6 nitrogen and oxygen atoms in total. The molecule has 0 aromatic carbocycles. The molecule has 2 atom stereocenters. The van der Waals surface area contributed by atoms with E-state index in [1.165, 1.54) is 0 Å². The number of amides is 1. The molecule has 1 amide bonds. The van der Waals surface area contributed by atoms with Crippen LogP contribution in [0.5, 0.6) is 0 Å². The van der Waals surface area contributed by atoms with Gasteiger partial charge in [0.05, 0.1) is 18.8 Å². The largest absolute Gasteiger partial charge is 0.444 e. The summed E-state index contributed by atoms with van der Waals surface area (Å²) in [4.78, 5) is 18.9. The molecule has 142 valence electrons. The second-order valence-corrected chi connectivity index (χ2v) is 13.7. The van der Waals surface area contributed by atoms with Gasteiger partial charge in [-0.3, -0.25) is 0 Å². The second kappa shape index (κ2) is 7.72. The fraction of sp³-hybridized carbons (Fsp3) is 0.941. The van der Waals surface area contributed by atoms with Crippen LogP contribution < -0.4 is 5.90 Å². The topological polar surface area (TPSA) is 74.0 Å². The number of hydrogen-bond donors (Lipinski definition) is 1. The van der Waals surface area contributed by atoms with Gasteiger partial charge in [-0.25, -0.2) is 10.7 Å². The Morgan fingerprint density at radius 2 is 1.79 bits per heavy atom. The van der Waals surface area contributed by atoms with Crippen LogP contribution in [0.1, 0.15) is 48.0 Å². The third kappa shape index (κ3) is 7.50. The average molecular weight is 361 g/mol. The number of likely N-dealkylation sites (tertiary alicyclic amines) is 1. The van der Waals surface area contributed by atoms with E-state index in [4.69, 9.17) is 19.9 Å². The van der Waals surface area contributed by atoms with Crippen molar-refractivity contribution in [3.05, 3.63) is 0 Å². The Kier molecular flexibility index (Phi) is 6.89. The summed E-state index contributed by atoms with van der Waals surface area (Å²) in [5.41, 5.74) is -0.288. The van der Waals surface area contributed by atoms with E-state index in [0.717, 1.165) is 12.5 Å². The molecule has 24 heavy (non-hydrogen) atoms.